The summed E-state index contributed by atoms with van der Waals surface area (Å²) in [5, 5.41) is 10.1. The molecule has 0 rings (SSSR count). The summed E-state index contributed by atoms with van der Waals surface area (Å²) in [5.41, 5.74) is 0. The molecule has 0 saturated heterocycles. The van der Waals surface area contributed by atoms with Crippen LogP contribution in [0.25, 0.3) is 0 Å². The van der Waals surface area contributed by atoms with Crippen molar-refractivity contribution >= 4 is 23.4 Å². The third kappa shape index (κ3) is 3.87. The Hall–Kier alpha value is -0.0600. The lowest BCUT2D eigenvalue weighted by Crippen LogP contribution is -2.29. The summed E-state index contributed by atoms with van der Waals surface area (Å²) in [6, 6.07) is -0.671. The number of alkyl halides is 1. The molecule has 1 N–H and O–H groups in total. The predicted octanol–water partition coefficient (Wildman–Crippen LogP) is 1.00. The number of hydrogen-bond acceptors (Lipinski definition) is 3. The first-order valence-corrected chi connectivity index (χ1v) is 3.66. The first-order chi connectivity index (χ1) is 4.72. The fourth-order valence-corrected chi connectivity index (χ4v) is 0.927. The Morgan fingerprint density at radius 2 is 2.30 bits per heavy atom. The van der Waals surface area contributed by atoms with Gasteiger partial charge in [-0.1, -0.05) is 0 Å². The van der Waals surface area contributed by atoms with Crippen LogP contribution >= 0.6 is 23.4 Å². The van der Waals surface area contributed by atoms with Crippen LogP contribution in [0.4, 0.5) is 0 Å². The fourth-order valence-electron chi connectivity index (χ4n) is 0.497. The summed E-state index contributed by atoms with van der Waals surface area (Å²) >= 11 is 10.4. The molecule has 0 aromatic rings. The van der Waals surface area contributed by atoms with Crippen LogP contribution in [-0.2, 0) is 0 Å². The van der Waals surface area contributed by atoms with Gasteiger partial charge < -0.3 is 0 Å². The Bertz CT molecular complexity index is 105. The molecule has 0 bridgehead atoms. The van der Waals surface area contributed by atoms with Crippen LogP contribution in [0.3, 0.4) is 0 Å². The number of rotatable bonds is 5. The number of hydrogen-bond donors (Lipinski definition) is 1. The largest absolute Gasteiger partial charge is 0.264 e. The lowest BCUT2D eigenvalue weighted by atomic mass is 10.2. The maximum Gasteiger partial charge on any atom is 0.227 e. The monoisotopic (exact) mass is 186 g/mol. The smallest absolute Gasteiger partial charge is 0.227 e. The van der Waals surface area contributed by atoms with Crippen LogP contribution in [0.5, 0.6) is 0 Å². The van der Waals surface area contributed by atoms with E-state index in [2.05, 4.69) is 4.84 Å². The minimum absolute atomic E-state index is 0.154. The van der Waals surface area contributed by atoms with Gasteiger partial charge in [0.1, 0.15) is 0 Å². The van der Waals surface area contributed by atoms with Gasteiger partial charge in [0.25, 0.3) is 0 Å². The van der Waals surface area contributed by atoms with Crippen molar-refractivity contribution in [3.8, 4) is 0 Å². The van der Waals surface area contributed by atoms with Crippen molar-refractivity contribution < 1.29 is 4.92 Å². The molecule has 0 heterocycles. The van der Waals surface area contributed by atoms with Gasteiger partial charge >= 0.3 is 0 Å². The van der Waals surface area contributed by atoms with E-state index in [9.17, 15) is 10.1 Å². The van der Waals surface area contributed by atoms with Gasteiger partial charge in [-0.3, -0.25) is 10.1 Å². The predicted molar refractivity (Wildman–Crippen MR) is 40.0 cm³/mol. The lowest BCUT2D eigenvalue weighted by molar-refractivity contribution is -0.520. The minimum atomic E-state index is -0.671. The van der Waals surface area contributed by atoms with E-state index in [-0.39, 0.29) is 12.4 Å². The Balaban J connectivity index is 3.61. The Morgan fingerprint density at radius 3 is 2.60 bits per heavy atom. The SMILES string of the molecule is O=[N+]([O-])C(CCCl)CNCl. The standard InChI is InChI=1S/C4H8Cl2N2O2/c5-2-1-4(3-7-6)8(9)10/h4,7H,1-3H2. The van der Waals surface area contributed by atoms with Crippen molar-refractivity contribution in [2.45, 2.75) is 12.5 Å². The minimum Gasteiger partial charge on any atom is -0.264 e. The normalized spacial score (nSPS) is 13.0. The van der Waals surface area contributed by atoms with Crippen LogP contribution < -0.4 is 4.84 Å². The van der Waals surface area contributed by atoms with Crippen molar-refractivity contribution in [3.05, 3.63) is 10.1 Å². The van der Waals surface area contributed by atoms with Crippen LogP contribution in [0.2, 0.25) is 0 Å². The van der Waals surface area contributed by atoms with Crippen molar-refractivity contribution in [2.24, 2.45) is 0 Å². The van der Waals surface area contributed by atoms with Crippen molar-refractivity contribution in [1.29, 1.82) is 0 Å². The number of halogens is 2. The fraction of sp³-hybridized carbons (Fsp3) is 1.00. The Kier molecular flexibility index (Phi) is 5.67. The highest BCUT2D eigenvalue weighted by Gasteiger charge is 2.17. The van der Waals surface area contributed by atoms with E-state index in [1.165, 1.54) is 0 Å². The highest BCUT2D eigenvalue weighted by Crippen LogP contribution is 1.97. The van der Waals surface area contributed by atoms with Gasteiger partial charge in [0.15, 0.2) is 0 Å². The van der Waals surface area contributed by atoms with Gasteiger partial charge in [0, 0.05) is 17.2 Å². The van der Waals surface area contributed by atoms with E-state index in [0.29, 0.717) is 6.42 Å². The summed E-state index contributed by atoms with van der Waals surface area (Å²) in [7, 11) is 0. The molecule has 0 aliphatic heterocycles. The molecule has 1 unspecified atom stereocenters. The van der Waals surface area contributed by atoms with Gasteiger partial charge in [-0.15, -0.1) is 11.6 Å². The average Bonchev–Trinajstić information content (AvgIpc) is 1.87. The third-order valence-corrected chi connectivity index (χ3v) is 1.43. The van der Waals surface area contributed by atoms with Crippen LogP contribution in [-0.4, -0.2) is 23.4 Å². The van der Waals surface area contributed by atoms with Crippen molar-refractivity contribution in [1.82, 2.24) is 4.84 Å². The summed E-state index contributed by atoms with van der Waals surface area (Å²) < 4.78 is 0. The maximum atomic E-state index is 10.1. The molecule has 0 saturated carbocycles. The van der Waals surface area contributed by atoms with Crippen LogP contribution in [0.1, 0.15) is 6.42 Å². The molecule has 0 radical (unpaired) electrons. The van der Waals surface area contributed by atoms with Gasteiger partial charge in [0.05, 0.1) is 6.54 Å². The summed E-state index contributed by atoms with van der Waals surface area (Å²) in [5.74, 6) is 0.282. The first-order valence-electron chi connectivity index (χ1n) is 2.75. The molecule has 1 atom stereocenters. The number of nitro groups is 1. The third-order valence-electron chi connectivity index (χ3n) is 1.05. The quantitative estimate of drug-likeness (QED) is 0.302. The average molecular weight is 187 g/mol. The van der Waals surface area contributed by atoms with Gasteiger partial charge in [0.2, 0.25) is 6.04 Å². The zero-order chi connectivity index (χ0) is 7.98. The highest BCUT2D eigenvalue weighted by atomic mass is 35.5. The van der Waals surface area contributed by atoms with Gasteiger partial charge in [-0.25, -0.2) is 4.84 Å². The molecular formula is C4H8Cl2N2O2. The molecule has 0 aliphatic carbocycles. The Labute approximate surface area is 68.8 Å². The van der Waals surface area contributed by atoms with Gasteiger partial charge in [-0.05, 0) is 11.8 Å². The second-order valence-corrected chi connectivity index (χ2v) is 2.40. The molecule has 60 valence electrons. The zero-order valence-electron chi connectivity index (χ0n) is 5.22. The van der Waals surface area contributed by atoms with E-state index >= 15 is 0 Å². The Morgan fingerprint density at radius 1 is 1.70 bits per heavy atom. The molecule has 6 heteroatoms. The summed E-state index contributed by atoms with van der Waals surface area (Å²) in [6.07, 6.45) is 0.342. The maximum absolute atomic E-state index is 10.1. The molecule has 0 aromatic heterocycles. The number of nitrogens with zero attached hydrogens (tertiary/aromatic N) is 1. The second-order valence-electron chi connectivity index (χ2n) is 1.75. The summed E-state index contributed by atoms with van der Waals surface area (Å²) in [6.45, 7) is 0.154. The van der Waals surface area contributed by atoms with E-state index in [1.807, 2.05) is 0 Å². The number of nitrogens with one attached hydrogen (secondary N) is 1. The van der Waals surface area contributed by atoms with Crippen molar-refractivity contribution in [2.75, 3.05) is 12.4 Å². The molecule has 0 fully saturated rings. The lowest BCUT2D eigenvalue weighted by Gasteiger charge is -2.04. The van der Waals surface area contributed by atoms with E-state index in [0.717, 1.165) is 0 Å². The van der Waals surface area contributed by atoms with Crippen molar-refractivity contribution in [3.63, 3.8) is 0 Å². The van der Waals surface area contributed by atoms with Crippen LogP contribution in [0.15, 0.2) is 0 Å². The van der Waals surface area contributed by atoms with E-state index < -0.39 is 11.0 Å². The molecule has 4 nitrogen and oxygen atoms in total. The zero-order valence-corrected chi connectivity index (χ0v) is 6.73. The molecular weight excluding hydrogens is 179 g/mol. The molecule has 0 spiro atoms. The molecule has 0 aromatic carbocycles. The summed E-state index contributed by atoms with van der Waals surface area (Å²) in [4.78, 5) is 11.9. The van der Waals surface area contributed by atoms with E-state index in [4.69, 9.17) is 23.4 Å². The molecule has 10 heavy (non-hydrogen) atoms. The second kappa shape index (κ2) is 5.70. The topological polar surface area (TPSA) is 55.2 Å². The highest BCUT2D eigenvalue weighted by molar-refractivity contribution is 6.17. The van der Waals surface area contributed by atoms with Crippen LogP contribution in [0, 0.1) is 10.1 Å². The molecule has 0 aliphatic rings. The van der Waals surface area contributed by atoms with E-state index in [1.54, 1.807) is 0 Å². The first kappa shape index (κ1) is 9.94. The van der Waals surface area contributed by atoms with Gasteiger partial charge in [-0.2, -0.15) is 0 Å². The molecule has 0 amide bonds.